The Bertz CT molecular complexity index is 2790. The van der Waals surface area contributed by atoms with Crippen LogP contribution in [0.5, 0.6) is 5.75 Å². The monoisotopic (exact) mass is 799 g/mol. The van der Waals surface area contributed by atoms with Gasteiger partial charge in [0, 0.05) is 41.0 Å². The molecule has 300 valence electrons. The molecule has 8 rings (SSSR count). The molecule has 2 amide bonds. The van der Waals surface area contributed by atoms with E-state index in [2.05, 4.69) is 48.3 Å². The van der Waals surface area contributed by atoms with Gasteiger partial charge in [0.25, 0.3) is 17.0 Å². The van der Waals surface area contributed by atoms with E-state index in [1.165, 1.54) is 10.7 Å². The first kappa shape index (κ1) is 39.5. The lowest BCUT2D eigenvalue weighted by molar-refractivity contribution is -0.136. The second kappa shape index (κ2) is 18.1. The average molecular weight is 800 g/mol. The first-order valence-corrected chi connectivity index (χ1v) is 20.0. The van der Waals surface area contributed by atoms with E-state index in [-0.39, 0.29) is 36.4 Å². The van der Waals surface area contributed by atoms with Crippen LogP contribution in [0.3, 0.4) is 0 Å². The summed E-state index contributed by atoms with van der Waals surface area (Å²) in [5.74, 6) is 7.24. The third-order valence-electron chi connectivity index (χ3n) is 10.8. The minimum atomic E-state index is -0.796. The normalized spacial score (nSPS) is 15.8. The third kappa shape index (κ3) is 9.36. The van der Waals surface area contributed by atoms with Gasteiger partial charge in [-0.05, 0) is 99.3 Å². The van der Waals surface area contributed by atoms with Crippen molar-refractivity contribution in [3.8, 4) is 46.3 Å². The van der Waals surface area contributed by atoms with Crippen molar-refractivity contribution in [2.75, 3.05) is 26.2 Å². The van der Waals surface area contributed by atoms with Gasteiger partial charge < -0.3 is 9.64 Å². The van der Waals surface area contributed by atoms with Crippen LogP contribution in [0, 0.1) is 29.1 Å². The third-order valence-corrected chi connectivity index (χ3v) is 10.8. The number of ether oxygens (including phenoxy) is 1. The van der Waals surface area contributed by atoms with Crippen molar-refractivity contribution >= 4 is 22.6 Å². The number of hydrogen-bond acceptors (Lipinski definition) is 11. The maximum absolute atomic E-state index is 13.1. The van der Waals surface area contributed by atoms with Crippen LogP contribution in [0.25, 0.3) is 33.4 Å². The van der Waals surface area contributed by atoms with Crippen LogP contribution in [0.15, 0.2) is 107 Å². The van der Waals surface area contributed by atoms with Gasteiger partial charge in [-0.15, -0.1) is 0 Å². The predicted molar refractivity (Wildman–Crippen MR) is 223 cm³/mol. The van der Waals surface area contributed by atoms with E-state index >= 15 is 0 Å². The number of nitriles is 1. The van der Waals surface area contributed by atoms with Crippen molar-refractivity contribution in [1.82, 2.24) is 39.7 Å². The van der Waals surface area contributed by atoms with Crippen LogP contribution in [-0.2, 0) is 16.1 Å². The summed E-state index contributed by atoms with van der Waals surface area (Å²) in [7, 11) is 0. The number of nitrogens with one attached hydrogen (secondary N) is 1. The number of piperidine rings is 2. The minimum Gasteiger partial charge on any atom is -0.490 e. The van der Waals surface area contributed by atoms with Crippen LogP contribution in [0.2, 0.25) is 0 Å². The van der Waals surface area contributed by atoms with Crippen LogP contribution in [0.1, 0.15) is 61.3 Å². The minimum absolute atomic E-state index is 0.171. The number of rotatable bonds is 11. The Balaban J connectivity index is 0.771. The SMILES string of the molecule is N#Cc1cccc(-c2ccc(=O)n(Cc3cccc(-c4ncc(OCC5CCN(CCCC#Cc6ccc7c(=O)n(C8CCC(=O)NC8=O)ncc7c6)CC5)cn4)c3)n2)c1. The molecule has 0 bridgehead atoms. The second-order valence-corrected chi connectivity index (χ2v) is 15.0. The maximum Gasteiger partial charge on any atom is 0.275 e. The van der Waals surface area contributed by atoms with E-state index in [9.17, 15) is 24.4 Å². The van der Waals surface area contributed by atoms with Gasteiger partial charge in [0.2, 0.25) is 5.91 Å². The summed E-state index contributed by atoms with van der Waals surface area (Å²) in [5, 5.41) is 21.4. The van der Waals surface area contributed by atoms with Gasteiger partial charge in [0.1, 0.15) is 6.04 Å². The molecule has 1 N–H and O–H groups in total. The van der Waals surface area contributed by atoms with E-state index in [1.54, 1.807) is 48.9 Å². The van der Waals surface area contributed by atoms with Crippen LogP contribution >= 0.6 is 0 Å². The summed E-state index contributed by atoms with van der Waals surface area (Å²) < 4.78 is 8.68. The zero-order valence-corrected chi connectivity index (χ0v) is 32.8. The molecule has 60 heavy (non-hydrogen) atoms. The van der Waals surface area contributed by atoms with Crippen molar-refractivity contribution in [1.29, 1.82) is 5.26 Å². The molecule has 0 saturated carbocycles. The van der Waals surface area contributed by atoms with Crippen LogP contribution < -0.4 is 21.2 Å². The maximum atomic E-state index is 13.1. The molecule has 1 unspecified atom stereocenters. The lowest BCUT2D eigenvalue weighted by Crippen LogP contribution is -2.45. The molecule has 5 heterocycles. The number of likely N-dealkylation sites (tertiary alicyclic amines) is 1. The predicted octanol–water partition coefficient (Wildman–Crippen LogP) is 4.90. The Morgan fingerprint density at radius 1 is 0.850 bits per heavy atom. The standard InChI is InChI=1S/C46H41N9O5/c47-25-33-7-4-9-35(23-33)40-13-16-43(57)54(52-40)29-34-8-5-10-36(24-34)44-48-27-38(28-49-44)60-30-32-17-20-53(21-18-32)19-3-1-2-6-31-11-12-39-37(22-31)26-50-55(46(39)59)41-14-15-42(56)51-45(41)58/h4-5,7-13,16,22-24,26-28,32,41H,1,3,14-15,17-21,29-30H2,(H,51,56,58). The number of aromatic nitrogens is 6. The molecule has 2 aliphatic heterocycles. The number of amides is 2. The molecule has 14 heteroatoms. The van der Waals surface area contributed by atoms with Crippen LogP contribution in [0.4, 0.5) is 0 Å². The molecule has 0 radical (unpaired) electrons. The second-order valence-electron chi connectivity index (χ2n) is 15.0. The topological polar surface area (TPSA) is 178 Å². The van der Waals surface area contributed by atoms with Gasteiger partial charge in [-0.2, -0.15) is 15.5 Å². The average Bonchev–Trinajstić information content (AvgIpc) is 3.27. The Labute approximate surface area is 345 Å². The van der Waals surface area contributed by atoms with Crippen molar-refractivity contribution in [3.05, 3.63) is 135 Å². The number of hydrogen-bond donors (Lipinski definition) is 1. The molecule has 2 fully saturated rings. The molecule has 0 aliphatic carbocycles. The van der Waals surface area contributed by atoms with Crippen LogP contribution in [-0.4, -0.2) is 72.5 Å². The fraction of sp³-hybridized carbons (Fsp3) is 0.283. The smallest absolute Gasteiger partial charge is 0.275 e. The summed E-state index contributed by atoms with van der Waals surface area (Å²) in [5.41, 5.74) is 3.79. The van der Waals surface area contributed by atoms with Gasteiger partial charge in [-0.3, -0.25) is 24.5 Å². The highest BCUT2D eigenvalue weighted by molar-refractivity contribution is 5.99. The number of benzene rings is 3. The van der Waals surface area contributed by atoms with E-state index in [0.717, 1.165) is 72.3 Å². The highest BCUT2D eigenvalue weighted by Gasteiger charge is 2.30. The van der Waals surface area contributed by atoms with Crippen molar-refractivity contribution in [2.45, 2.75) is 51.1 Å². The highest BCUT2D eigenvalue weighted by Crippen LogP contribution is 2.23. The number of carbonyl (C=O) groups is 2. The van der Waals surface area contributed by atoms with E-state index in [1.807, 2.05) is 42.5 Å². The molecule has 2 aliphatic rings. The largest absolute Gasteiger partial charge is 0.490 e. The Kier molecular flexibility index (Phi) is 11.9. The molecule has 1 atom stereocenters. The Hall–Kier alpha value is -7.29. The van der Waals surface area contributed by atoms with Gasteiger partial charge >= 0.3 is 0 Å². The van der Waals surface area contributed by atoms with Gasteiger partial charge in [0.05, 0.1) is 54.5 Å². The fourth-order valence-electron chi connectivity index (χ4n) is 7.51. The summed E-state index contributed by atoms with van der Waals surface area (Å²) >= 11 is 0. The lowest BCUT2D eigenvalue weighted by Gasteiger charge is -2.31. The number of unbranched alkanes of at least 4 members (excludes halogenated alkanes) is 1. The van der Waals surface area contributed by atoms with Gasteiger partial charge in [-0.1, -0.05) is 42.2 Å². The fourth-order valence-corrected chi connectivity index (χ4v) is 7.51. The molecular weight excluding hydrogens is 759 g/mol. The quantitative estimate of drug-likeness (QED) is 0.107. The number of nitrogens with zero attached hydrogens (tertiary/aromatic N) is 8. The lowest BCUT2D eigenvalue weighted by atomic mass is 9.97. The highest BCUT2D eigenvalue weighted by atomic mass is 16.5. The van der Waals surface area contributed by atoms with E-state index in [0.29, 0.717) is 46.1 Å². The number of fused-ring (bicyclic) bond motifs is 1. The molecule has 14 nitrogen and oxygen atoms in total. The van der Waals surface area contributed by atoms with Crippen molar-refractivity contribution < 1.29 is 14.3 Å². The summed E-state index contributed by atoms with van der Waals surface area (Å²) in [6, 6.07) is 24.7. The number of imide groups is 1. The molecule has 3 aromatic carbocycles. The summed E-state index contributed by atoms with van der Waals surface area (Å²) in [6.45, 7) is 3.84. The zero-order valence-electron chi connectivity index (χ0n) is 32.8. The molecular formula is C46H41N9O5. The zero-order chi connectivity index (χ0) is 41.4. The first-order chi connectivity index (χ1) is 29.3. The molecule has 0 spiro atoms. The van der Waals surface area contributed by atoms with E-state index in [4.69, 9.17) is 4.74 Å². The Morgan fingerprint density at radius 3 is 2.48 bits per heavy atom. The Morgan fingerprint density at radius 2 is 1.67 bits per heavy atom. The molecule has 6 aromatic rings. The summed E-state index contributed by atoms with van der Waals surface area (Å²) in [4.78, 5) is 61.1. The first-order valence-electron chi connectivity index (χ1n) is 20.0. The molecule has 3 aromatic heterocycles. The summed E-state index contributed by atoms with van der Waals surface area (Å²) in [6.07, 6.45) is 9.18. The van der Waals surface area contributed by atoms with E-state index < -0.39 is 11.9 Å². The van der Waals surface area contributed by atoms with Gasteiger partial charge in [0.15, 0.2) is 11.6 Å². The molecule has 2 saturated heterocycles. The van der Waals surface area contributed by atoms with Crippen molar-refractivity contribution in [3.63, 3.8) is 0 Å². The van der Waals surface area contributed by atoms with Gasteiger partial charge in [-0.25, -0.2) is 19.3 Å². The number of carbonyl (C=O) groups excluding carboxylic acids is 2. The van der Waals surface area contributed by atoms with Crippen molar-refractivity contribution in [2.24, 2.45) is 5.92 Å².